The number of carboxylic acid groups (broad SMARTS) is 1. The van der Waals surface area contributed by atoms with Gasteiger partial charge < -0.3 is 127 Å². The minimum absolute atomic E-state index is 0.00818. The van der Waals surface area contributed by atoms with Gasteiger partial charge in [0.1, 0.15) is 96.4 Å². The van der Waals surface area contributed by atoms with Crippen molar-refractivity contribution in [3.63, 3.8) is 0 Å². The number of aliphatic carboxylic acids is 1. The first-order valence-corrected chi connectivity index (χ1v) is 47.9. The maximum absolute atomic E-state index is 15.5. The van der Waals surface area contributed by atoms with Gasteiger partial charge in [-0.3, -0.25) is 92.3 Å². The molecule has 0 bridgehead atoms. The molecule has 0 saturated carbocycles. The Kier molecular flexibility index (Phi) is 44.8. The van der Waals surface area contributed by atoms with Gasteiger partial charge in [0.05, 0.1) is 18.3 Å². The van der Waals surface area contributed by atoms with E-state index >= 15 is 33.6 Å². The molecule has 44 heteroatoms. The molecule has 7 rings (SSSR count). The van der Waals surface area contributed by atoms with Crippen LogP contribution in [0, 0.1) is 28.6 Å². The Morgan fingerprint density at radius 3 is 1.40 bits per heavy atom. The lowest BCUT2D eigenvalue weighted by Crippen LogP contribution is -2.62. The maximum atomic E-state index is 15.5. The molecule has 0 radical (unpaired) electrons. The number of nitrogens with two attached hydrogens (primary N) is 3. The fourth-order valence-corrected chi connectivity index (χ4v) is 16.2. The van der Waals surface area contributed by atoms with Crippen molar-refractivity contribution in [3.8, 4) is 16.9 Å². The van der Waals surface area contributed by atoms with Crippen molar-refractivity contribution in [2.75, 3.05) is 31.6 Å². The van der Waals surface area contributed by atoms with Gasteiger partial charge in [0.15, 0.2) is 11.9 Å². The van der Waals surface area contributed by atoms with Crippen molar-refractivity contribution < 1.29 is 96.8 Å². The molecule has 1 aliphatic rings. The Hall–Kier alpha value is -14.7. The largest absolute Gasteiger partial charge is 0.508 e. The van der Waals surface area contributed by atoms with Crippen molar-refractivity contribution >= 4 is 135 Å². The van der Waals surface area contributed by atoms with E-state index in [9.17, 15) is 63.3 Å². The summed E-state index contributed by atoms with van der Waals surface area (Å²) in [6.07, 6.45) is -2.91. The summed E-state index contributed by atoms with van der Waals surface area (Å²) in [4.78, 5) is 254. The molecular formula is C97H135N23O20S. The average molecular weight is 1980 g/mol. The molecule has 28 N–H and O–H groups in total. The number of hydrogen-bond acceptors (Lipinski definition) is 22. The van der Waals surface area contributed by atoms with Gasteiger partial charge in [-0.25, -0.2) is 0 Å². The van der Waals surface area contributed by atoms with Crippen LogP contribution in [0.5, 0.6) is 5.75 Å². The second-order valence-electron chi connectivity index (χ2n) is 36.0. The maximum Gasteiger partial charge on any atom is 0.305 e. The number of para-hydroxylation sites is 1. The third kappa shape index (κ3) is 36.5. The van der Waals surface area contributed by atoms with Gasteiger partial charge in [-0.15, -0.1) is 11.8 Å². The lowest BCUT2D eigenvalue weighted by molar-refractivity contribution is -0.142. The van der Waals surface area contributed by atoms with E-state index in [0.29, 0.717) is 39.4 Å². The van der Waals surface area contributed by atoms with E-state index in [1.165, 1.54) is 59.0 Å². The van der Waals surface area contributed by atoms with Crippen LogP contribution >= 0.6 is 11.8 Å². The Bertz CT molecular complexity index is 5340. The molecule has 0 unspecified atom stereocenters. The predicted molar refractivity (Wildman–Crippen MR) is 527 cm³/mol. The van der Waals surface area contributed by atoms with Gasteiger partial charge in [-0.2, -0.15) is 0 Å². The van der Waals surface area contributed by atoms with Crippen LogP contribution in [0.25, 0.3) is 22.0 Å². The van der Waals surface area contributed by atoms with Gasteiger partial charge in [0.2, 0.25) is 94.5 Å². The quantitative estimate of drug-likeness (QED) is 0.0156. The van der Waals surface area contributed by atoms with Crippen LogP contribution in [0.1, 0.15) is 143 Å². The minimum atomic E-state index is -2.08. The lowest BCUT2D eigenvalue weighted by Gasteiger charge is -2.32. The van der Waals surface area contributed by atoms with Crippen LogP contribution < -0.4 is 102 Å². The highest BCUT2D eigenvalue weighted by Gasteiger charge is 2.42. The number of nitrogens with zero attached hydrogens (tertiary/aromatic N) is 1. The number of rotatable bonds is 29. The lowest BCUT2D eigenvalue weighted by atomic mass is 9.98. The number of aromatic nitrogens is 1. The molecule has 5 aromatic carbocycles. The standard InChI is InChI=1S/C97H135N23O20S/c1-12-23-66-83(128)109-67(30-21-40-103-96(99)100)84(129)111-69(42-51(2)3)89(134)118-79(53(6)7)93(138)119-80(56(10)121)94(139)116-75(91(136)106-54(8)81(98)126)49-141-50-76(123)107-70(43-57-24-15-13-16-25-57)85(130)112-71(45-59-34-38-63(122)39-35-59)87(132)114-74(47-77(124)125)88(133)113-73(46-62-48-105-65-29-20-19-28-64(62)65)90(135)117-78(52(4)5)92(137)115-72(44-58-32-36-61(37-33-58)60-26-17-14-18-27-60)86(131)110-68(31-22-41-104-97(101)102)95(140)120(11)55(9)82(127)108-66/h13-20,24-29,32-39,48,51-56,66-75,78-80,105,121-122H,12,21-23,30-31,40-47,49-50H2,1-11H3,(H2,98,126)(H,106,136)(H,107,123)(H,108,127)(H,109,128)(H,110,131)(H,111,129)(H,112,130)(H,113,133)(H,114,132)(H,115,137)(H,116,139)(H,117,135)(H,118,134)(H,119,138)(H,124,125)(H4,99,100,103)(H4,101,102,104)/t54-,55-,56+,66+,67-,68-,69-,70-,71-,72-,73-,74-,75-,78-,79-,80-/m0/s1. The van der Waals surface area contributed by atoms with Gasteiger partial charge in [0, 0.05) is 68.7 Å². The number of carboxylic acids is 1. The van der Waals surface area contributed by atoms with Crippen LogP contribution in [0.4, 0.5) is 0 Å². The van der Waals surface area contributed by atoms with E-state index in [2.05, 4.69) is 90.1 Å². The molecule has 0 aliphatic carbocycles. The first-order chi connectivity index (χ1) is 66.8. The van der Waals surface area contributed by atoms with Crippen molar-refractivity contribution in [1.29, 1.82) is 10.8 Å². The summed E-state index contributed by atoms with van der Waals surface area (Å²) in [6, 6.07) is 12.4. The number of guanidine groups is 2. The molecule has 2 heterocycles. The van der Waals surface area contributed by atoms with Crippen molar-refractivity contribution in [2.45, 2.75) is 243 Å². The molecule has 1 aliphatic heterocycles. The molecule has 1 saturated heterocycles. The van der Waals surface area contributed by atoms with Crippen molar-refractivity contribution in [2.24, 2.45) is 35.0 Å². The average Bonchev–Trinajstić information content (AvgIpc) is 1.71. The molecule has 1 aromatic heterocycles. The number of benzene rings is 5. The zero-order valence-corrected chi connectivity index (χ0v) is 81.7. The summed E-state index contributed by atoms with van der Waals surface area (Å²) in [6.45, 7) is 15.1. The van der Waals surface area contributed by atoms with Gasteiger partial charge in [-0.05, 0) is 129 Å². The van der Waals surface area contributed by atoms with Crippen LogP contribution in [0.2, 0.25) is 0 Å². The van der Waals surface area contributed by atoms with Crippen LogP contribution in [0.3, 0.4) is 0 Å². The molecule has 141 heavy (non-hydrogen) atoms. The smallest absolute Gasteiger partial charge is 0.305 e. The summed E-state index contributed by atoms with van der Waals surface area (Å²) in [5.74, 6) is -22.0. The Labute approximate surface area is 821 Å². The highest BCUT2D eigenvalue weighted by Crippen LogP contribution is 2.24. The molecule has 0 spiro atoms. The fourth-order valence-electron chi connectivity index (χ4n) is 15.4. The number of aromatic hydroxyl groups is 1. The summed E-state index contributed by atoms with van der Waals surface area (Å²) in [5.41, 5.74) is 20.7. The molecule has 43 nitrogen and oxygen atoms in total. The fraction of sp³-hybridized carbons (Fsp3) is 0.474. The zero-order chi connectivity index (χ0) is 104. The zero-order valence-electron chi connectivity index (χ0n) is 80.9. The number of likely N-dealkylation sites (N-methyl/N-ethyl adjacent to an activating group) is 1. The topological polar surface area (TPSA) is 688 Å². The predicted octanol–water partition coefficient (Wildman–Crippen LogP) is -0.763. The number of fused-ring (bicyclic) bond motifs is 1. The number of hydrogen-bond donors (Lipinski definition) is 25. The SMILES string of the molecule is CCC[C@H]1NC(=O)[C@H](C)N(C)C(=O)[C@H](CCCNC(=N)N)NC(=O)[C@H](Cc2ccc(-c3ccccc3)cc2)NC(=O)[C@H](C(C)C)NC(=O)[C@H](Cc2c[nH]c3ccccc23)NC(=O)[C@H](CC(=O)O)NC(=O)[C@H](Cc2ccc(O)cc2)NC(=O)[C@H](Cc2ccccc2)NC(=O)CSC[C@@H](C(=O)N[C@@H](C)C(N)=O)NC(=O)[C@H]([C@@H](C)O)NC(=O)[C@H](C(C)C)NC(=O)[C@H](CC(C)C)NC(=O)[C@H](CCCNC(=N)N)NC1=O. The minimum Gasteiger partial charge on any atom is -0.508 e. The van der Waals surface area contributed by atoms with Crippen LogP contribution in [-0.4, -0.2) is 266 Å². The number of carbonyl (C=O) groups is 17. The highest BCUT2D eigenvalue weighted by atomic mass is 32.2. The number of primary amides is 1. The number of H-pyrrole nitrogens is 1. The molecule has 764 valence electrons. The highest BCUT2D eigenvalue weighted by molar-refractivity contribution is 8.00. The first-order valence-electron chi connectivity index (χ1n) is 46.8. The van der Waals surface area contributed by atoms with Crippen LogP contribution in [-0.2, 0) is 107 Å². The van der Waals surface area contributed by atoms with Gasteiger partial charge >= 0.3 is 5.97 Å². The Morgan fingerprint density at radius 1 is 0.468 bits per heavy atom. The first kappa shape index (κ1) is 113. The number of nitrogens with one attached hydrogen (secondary N) is 19. The van der Waals surface area contributed by atoms with Crippen LogP contribution in [0.15, 0.2) is 140 Å². The number of thioether (sulfide) groups is 1. The molecule has 1 fully saturated rings. The van der Waals surface area contributed by atoms with Crippen molar-refractivity contribution in [3.05, 3.63) is 162 Å². The normalized spacial score (nSPS) is 23.0. The second kappa shape index (κ2) is 55.8. The number of aliphatic hydroxyl groups excluding tert-OH is 1. The number of carbonyl (C=O) groups excluding carboxylic acids is 16. The van der Waals surface area contributed by atoms with Gasteiger partial charge in [0.25, 0.3) is 0 Å². The third-order valence-corrected chi connectivity index (χ3v) is 24.4. The summed E-state index contributed by atoms with van der Waals surface area (Å²) >= 11 is 0.708. The van der Waals surface area contributed by atoms with E-state index in [0.717, 1.165) is 23.0 Å². The van der Waals surface area contributed by atoms with Crippen molar-refractivity contribution in [1.82, 2.24) is 95.0 Å². The Morgan fingerprint density at radius 2 is 0.879 bits per heavy atom. The summed E-state index contributed by atoms with van der Waals surface area (Å²) in [7, 11) is 1.26. The van der Waals surface area contributed by atoms with E-state index in [1.54, 1.807) is 120 Å². The number of phenolic OH excluding ortho intramolecular Hbond substituents is 1. The summed E-state index contributed by atoms with van der Waals surface area (Å²) < 4.78 is 0. The number of aromatic amines is 1. The monoisotopic (exact) mass is 1970 g/mol. The number of aliphatic hydroxyl groups is 1. The van der Waals surface area contributed by atoms with Gasteiger partial charge in [-0.1, -0.05) is 170 Å². The van der Waals surface area contributed by atoms with E-state index in [-0.39, 0.29) is 94.5 Å². The van der Waals surface area contributed by atoms with E-state index in [4.69, 9.17) is 28.0 Å². The second-order valence-corrected chi connectivity index (χ2v) is 37.0. The molecule has 16 amide bonds. The van der Waals surface area contributed by atoms with E-state index < -0.39 is 245 Å². The summed E-state index contributed by atoms with van der Waals surface area (Å²) in [5, 5.41) is 90.4. The Balaban J connectivity index is 1.35. The number of phenols is 1. The molecule has 6 aromatic rings. The van der Waals surface area contributed by atoms with E-state index in [1.807, 2.05) is 30.3 Å². The molecule has 16 atom stereocenters. The molecular weight excluding hydrogens is 1840 g/mol. The third-order valence-electron chi connectivity index (χ3n) is 23.4. The number of amides is 16.